The highest BCUT2D eigenvalue weighted by Crippen LogP contribution is 2.45. The number of ether oxygens (including phenoxy) is 1. The Morgan fingerprint density at radius 2 is 1.91 bits per heavy atom. The first-order valence-corrected chi connectivity index (χ1v) is 8.93. The number of nitrogens with zero attached hydrogens (tertiary/aromatic N) is 1. The van der Waals surface area contributed by atoms with Crippen molar-refractivity contribution in [3.63, 3.8) is 0 Å². The summed E-state index contributed by atoms with van der Waals surface area (Å²) in [6, 6.07) is 13.2. The second-order valence-corrected chi connectivity index (χ2v) is 7.58. The molecule has 1 aliphatic heterocycles. The van der Waals surface area contributed by atoms with E-state index in [-0.39, 0.29) is 5.82 Å². The van der Waals surface area contributed by atoms with Gasteiger partial charge in [-0.1, -0.05) is 18.2 Å². The zero-order valence-corrected chi connectivity index (χ0v) is 15.6. The average molecular weight is 425 g/mol. The summed E-state index contributed by atoms with van der Waals surface area (Å²) < 4.78 is 20.9. The Hall–Kier alpha value is -0.980. The molecule has 122 valence electrons. The Morgan fingerprint density at radius 3 is 2.61 bits per heavy atom. The van der Waals surface area contributed by atoms with E-state index in [2.05, 4.69) is 59.8 Å². The van der Waals surface area contributed by atoms with Gasteiger partial charge in [-0.15, -0.1) is 0 Å². The van der Waals surface area contributed by atoms with Crippen molar-refractivity contribution in [1.82, 2.24) is 4.90 Å². The van der Waals surface area contributed by atoms with Crippen molar-refractivity contribution < 1.29 is 9.13 Å². The van der Waals surface area contributed by atoms with Crippen LogP contribution in [0.3, 0.4) is 0 Å². The van der Waals surface area contributed by atoms with Crippen LogP contribution in [0.4, 0.5) is 4.39 Å². The van der Waals surface area contributed by atoms with Gasteiger partial charge in [0.05, 0.1) is 6.61 Å². The standard InChI is InChI=1S/C19H21FINO/c1-22(2)11-3-10-19(15-4-6-16(20)7-5-15)18-9-8-17(21)12-14(18)13-23-19/h4-9,12H,3,10-11,13H2,1-2H3. The number of halogens is 2. The summed E-state index contributed by atoms with van der Waals surface area (Å²) in [7, 11) is 4.16. The second kappa shape index (κ2) is 6.87. The van der Waals surface area contributed by atoms with E-state index >= 15 is 0 Å². The van der Waals surface area contributed by atoms with E-state index in [1.807, 2.05) is 12.1 Å². The van der Waals surface area contributed by atoms with Gasteiger partial charge < -0.3 is 9.64 Å². The van der Waals surface area contributed by atoms with Gasteiger partial charge in [0.1, 0.15) is 11.4 Å². The third-order valence-electron chi connectivity index (χ3n) is 4.42. The molecule has 0 aliphatic carbocycles. The van der Waals surface area contributed by atoms with Gasteiger partial charge in [-0.25, -0.2) is 4.39 Å². The number of rotatable bonds is 5. The fourth-order valence-corrected chi connectivity index (χ4v) is 3.86. The Bertz CT molecular complexity index is 686. The SMILES string of the molecule is CN(C)CCCC1(c2ccc(F)cc2)OCc2cc(I)ccc21. The molecule has 2 nitrogen and oxygen atoms in total. The summed E-state index contributed by atoms with van der Waals surface area (Å²) in [5.74, 6) is -0.210. The predicted molar refractivity (Wildman–Crippen MR) is 98.9 cm³/mol. The molecule has 3 rings (SSSR count). The zero-order chi connectivity index (χ0) is 16.4. The lowest BCUT2D eigenvalue weighted by Crippen LogP contribution is -2.28. The molecular weight excluding hydrogens is 404 g/mol. The first-order valence-electron chi connectivity index (χ1n) is 7.85. The topological polar surface area (TPSA) is 12.5 Å². The van der Waals surface area contributed by atoms with Crippen molar-refractivity contribution in [2.24, 2.45) is 0 Å². The van der Waals surface area contributed by atoms with Crippen molar-refractivity contribution in [2.45, 2.75) is 25.0 Å². The third kappa shape index (κ3) is 3.44. The molecular formula is C19H21FINO. The molecule has 1 unspecified atom stereocenters. The minimum absolute atomic E-state index is 0.210. The molecule has 2 aromatic rings. The highest BCUT2D eigenvalue weighted by Gasteiger charge is 2.41. The fraction of sp³-hybridized carbons (Fsp3) is 0.368. The maximum absolute atomic E-state index is 13.4. The summed E-state index contributed by atoms with van der Waals surface area (Å²) in [4.78, 5) is 2.18. The van der Waals surface area contributed by atoms with Gasteiger partial charge in [-0.3, -0.25) is 0 Å². The summed E-state index contributed by atoms with van der Waals surface area (Å²) in [5.41, 5.74) is 3.05. The lowest BCUT2D eigenvalue weighted by Gasteiger charge is -2.31. The van der Waals surface area contributed by atoms with Crippen molar-refractivity contribution in [3.05, 3.63) is 68.5 Å². The van der Waals surface area contributed by atoms with Crippen LogP contribution in [0.25, 0.3) is 0 Å². The highest BCUT2D eigenvalue weighted by molar-refractivity contribution is 14.1. The summed E-state index contributed by atoms with van der Waals surface area (Å²) in [6.07, 6.45) is 1.92. The smallest absolute Gasteiger partial charge is 0.123 e. The molecule has 1 aliphatic rings. The summed E-state index contributed by atoms with van der Waals surface area (Å²) in [5, 5.41) is 0. The highest BCUT2D eigenvalue weighted by atomic mass is 127. The normalized spacial score (nSPS) is 20.0. The van der Waals surface area contributed by atoms with Gasteiger partial charge in [0.15, 0.2) is 0 Å². The lowest BCUT2D eigenvalue weighted by molar-refractivity contribution is -0.0140. The second-order valence-electron chi connectivity index (χ2n) is 6.33. The van der Waals surface area contributed by atoms with Crippen LogP contribution >= 0.6 is 22.6 Å². The van der Waals surface area contributed by atoms with Crippen LogP contribution in [0.1, 0.15) is 29.5 Å². The van der Waals surface area contributed by atoms with Crippen LogP contribution in [-0.4, -0.2) is 25.5 Å². The van der Waals surface area contributed by atoms with Crippen molar-refractivity contribution in [1.29, 1.82) is 0 Å². The molecule has 0 fully saturated rings. The number of benzene rings is 2. The monoisotopic (exact) mass is 425 g/mol. The van der Waals surface area contributed by atoms with Crippen LogP contribution < -0.4 is 0 Å². The average Bonchev–Trinajstić information content (AvgIpc) is 2.87. The summed E-state index contributed by atoms with van der Waals surface area (Å²) in [6.45, 7) is 1.62. The maximum atomic E-state index is 13.4. The van der Waals surface area contributed by atoms with Crippen molar-refractivity contribution in [3.8, 4) is 0 Å². The number of fused-ring (bicyclic) bond motifs is 1. The van der Waals surface area contributed by atoms with Crippen LogP contribution in [-0.2, 0) is 16.9 Å². The molecule has 0 amide bonds. The van der Waals surface area contributed by atoms with E-state index in [0.717, 1.165) is 24.9 Å². The largest absolute Gasteiger partial charge is 0.361 e. The molecule has 4 heteroatoms. The molecule has 0 radical (unpaired) electrons. The number of hydrogen-bond acceptors (Lipinski definition) is 2. The van der Waals surface area contributed by atoms with Gasteiger partial charge in [0.25, 0.3) is 0 Å². The van der Waals surface area contributed by atoms with Gasteiger partial charge in [0, 0.05) is 3.57 Å². The molecule has 2 aromatic carbocycles. The Kier molecular flexibility index (Phi) is 5.04. The van der Waals surface area contributed by atoms with Crippen LogP contribution in [0.5, 0.6) is 0 Å². The Morgan fingerprint density at radius 1 is 1.17 bits per heavy atom. The van der Waals surface area contributed by atoms with Crippen molar-refractivity contribution in [2.75, 3.05) is 20.6 Å². The van der Waals surface area contributed by atoms with Gasteiger partial charge in [-0.05, 0) is 97.0 Å². The molecule has 0 spiro atoms. The van der Waals surface area contributed by atoms with Gasteiger partial charge in [-0.2, -0.15) is 0 Å². The molecule has 0 bridgehead atoms. The third-order valence-corrected chi connectivity index (χ3v) is 5.09. The van der Waals surface area contributed by atoms with Crippen LogP contribution in [0, 0.1) is 9.39 Å². The molecule has 0 aromatic heterocycles. The molecule has 1 atom stereocenters. The number of hydrogen-bond donors (Lipinski definition) is 0. The Labute approximate surface area is 150 Å². The Balaban J connectivity index is 2.00. The maximum Gasteiger partial charge on any atom is 0.123 e. The van der Waals surface area contributed by atoms with Crippen molar-refractivity contribution >= 4 is 22.6 Å². The van der Waals surface area contributed by atoms with E-state index in [9.17, 15) is 4.39 Å². The van der Waals surface area contributed by atoms with Gasteiger partial charge in [0.2, 0.25) is 0 Å². The first-order chi connectivity index (χ1) is 11.0. The van der Waals surface area contributed by atoms with E-state index in [4.69, 9.17) is 4.74 Å². The minimum Gasteiger partial charge on any atom is -0.361 e. The lowest BCUT2D eigenvalue weighted by atomic mass is 9.82. The predicted octanol–water partition coefficient (Wildman–Crippen LogP) is 4.55. The van der Waals surface area contributed by atoms with Crippen LogP contribution in [0.2, 0.25) is 0 Å². The van der Waals surface area contributed by atoms with E-state index in [1.54, 1.807) is 0 Å². The van der Waals surface area contributed by atoms with Gasteiger partial charge >= 0.3 is 0 Å². The fourth-order valence-electron chi connectivity index (χ4n) is 3.31. The summed E-state index contributed by atoms with van der Waals surface area (Å²) >= 11 is 2.33. The van der Waals surface area contributed by atoms with Crippen LogP contribution in [0.15, 0.2) is 42.5 Å². The van der Waals surface area contributed by atoms with E-state index in [0.29, 0.717) is 6.61 Å². The quantitative estimate of drug-likeness (QED) is 0.653. The zero-order valence-electron chi connectivity index (χ0n) is 13.5. The molecule has 0 saturated heterocycles. The molecule has 23 heavy (non-hydrogen) atoms. The molecule has 0 saturated carbocycles. The first kappa shape index (κ1) is 16.9. The molecule has 0 N–H and O–H groups in total. The minimum atomic E-state index is -0.455. The van der Waals surface area contributed by atoms with E-state index in [1.165, 1.54) is 26.8 Å². The molecule has 1 heterocycles. The van der Waals surface area contributed by atoms with E-state index < -0.39 is 5.60 Å².